The van der Waals surface area contributed by atoms with Gasteiger partial charge < -0.3 is 26.2 Å². The van der Waals surface area contributed by atoms with Crippen molar-refractivity contribution in [2.24, 2.45) is 5.73 Å². The second-order valence-electron chi connectivity index (χ2n) is 12.3. The fourth-order valence-corrected chi connectivity index (χ4v) is 5.92. The number of hydrogen-bond acceptors (Lipinski definition) is 7. The third-order valence-corrected chi connectivity index (χ3v) is 8.91. The zero-order valence-electron chi connectivity index (χ0n) is 28.3. The molecular weight excluding hydrogens is 579 g/mol. The lowest BCUT2D eigenvalue weighted by Crippen LogP contribution is -2.47. The van der Waals surface area contributed by atoms with E-state index in [0.717, 1.165) is 51.4 Å². The summed E-state index contributed by atoms with van der Waals surface area (Å²) < 4.78 is 22.0. The van der Waals surface area contributed by atoms with E-state index in [9.17, 15) is 24.5 Å². The first kappa shape index (κ1) is 43.2. The van der Waals surface area contributed by atoms with Gasteiger partial charge >= 0.3 is 7.82 Å². The number of unbranched alkanes of at least 4 members (excludes halogenated alkanes) is 17. The molecule has 44 heavy (non-hydrogen) atoms. The van der Waals surface area contributed by atoms with Crippen LogP contribution in [0.3, 0.4) is 0 Å². The maximum absolute atomic E-state index is 12.7. The second kappa shape index (κ2) is 30.8. The van der Waals surface area contributed by atoms with Crippen LogP contribution in [0.1, 0.15) is 162 Å². The number of rotatable bonds is 33. The van der Waals surface area contributed by atoms with Gasteiger partial charge in [0.15, 0.2) is 0 Å². The van der Waals surface area contributed by atoms with E-state index in [2.05, 4.69) is 31.3 Å². The Hall–Kier alpha value is -0.800. The molecule has 0 aliphatic heterocycles. The molecule has 0 aromatic heterocycles. The van der Waals surface area contributed by atoms with Crippen LogP contribution in [-0.4, -0.2) is 59.0 Å². The summed E-state index contributed by atoms with van der Waals surface area (Å²) in [6, 6.07) is -0.895. The highest BCUT2D eigenvalue weighted by molar-refractivity contribution is 7.47. The Balaban J connectivity index is 4.43. The maximum atomic E-state index is 12.7. The maximum Gasteiger partial charge on any atom is 0.472 e. The van der Waals surface area contributed by atoms with E-state index >= 15 is 0 Å². The lowest BCUT2D eigenvalue weighted by atomic mass is 10.0. The van der Waals surface area contributed by atoms with Crippen LogP contribution >= 0.6 is 7.82 Å². The number of phosphoric acid groups is 1. The quantitative estimate of drug-likeness (QED) is 0.0274. The number of allylic oxidation sites excluding steroid dienone is 2. The smallest absolute Gasteiger partial charge is 0.393 e. The number of amides is 1. The number of carbonyl (C=O) groups is 1. The van der Waals surface area contributed by atoms with Gasteiger partial charge in [0.1, 0.15) is 0 Å². The van der Waals surface area contributed by atoms with Crippen molar-refractivity contribution in [2.45, 2.75) is 180 Å². The average Bonchev–Trinajstić information content (AvgIpc) is 2.99. The van der Waals surface area contributed by atoms with Crippen molar-refractivity contribution in [2.75, 3.05) is 19.8 Å². The van der Waals surface area contributed by atoms with Gasteiger partial charge in [-0.05, 0) is 32.1 Å². The molecule has 0 aliphatic carbocycles. The Kier molecular flexibility index (Phi) is 30.3. The molecule has 4 unspecified atom stereocenters. The number of hydrogen-bond donors (Lipinski definition) is 5. The number of phosphoric ester groups is 1. The van der Waals surface area contributed by atoms with E-state index in [0.29, 0.717) is 12.8 Å². The molecular formula is C34H69N2O7P. The minimum absolute atomic E-state index is 0.0588. The van der Waals surface area contributed by atoms with Crippen molar-refractivity contribution >= 4 is 13.7 Å². The fourth-order valence-electron chi connectivity index (χ4n) is 5.16. The van der Waals surface area contributed by atoms with Crippen LogP contribution in [0.25, 0.3) is 0 Å². The van der Waals surface area contributed by atoms with Crippen LogP contribution in [0.2, 0.25) is 0 Å². The number of nitrogens with two attached hydrogens (primary N) is 1. The van der Waals surface area contributed by atoms with E-state index in [1.807, 2.05) is 0 Å². The second-order valence-corrected chi connectivity index (χ2v) is 13.7. The van der Waals surface area contributed by atoms with Crippen LogP contribution in [0.4, 0.5) is 0 Å². The summed E-state index contributed by atoms with van der Waals surface area (Å²) in [4.78, 5) is 22.6. The van der Waals surface area contributed by atoms with Crippen molar-refractivity contribution in [1.82, 2.24) is 5.32 Å². The highest BCUT2D eigenvalue weighted by Gasteiger charge is 2.28. The molecule has 0 aromatic carbocycles. The Labute approximate surface area is 269 Å². The molecule has 0 saturated carbocycles. The number of aliphatic hydroxyl groups is 2. The Morgan fingerprint density at radius 1 is 0.750 bits per heavy atom. The van der Waals surface area contributed by atoms with Gasteiger partial charge in [-0.3, -0.25) is 13.8 Å². The Bertz CT molecular complexity index is 726. The van der Waals surface area contributed by atoms with Gasteiger partial charge in [-0.25, -0.2) is 4.57 Å². The highest BCUT2D eigenvalue weighted by atomic mass is 31.2. The van der Waals surface area contributed by atoms with Crippen molar-refractivity contribution in [3.63, 3.8) is 0 Å². The predicted molar refractivity (Wildman–Crippen MR) is 181 cm³/mol. The Morgan fingerprint density at radius 3 is 1.82 bits per heavy atom. The van der Waals surface area contributed by atoms with Gasteiger partial charge in [-0.15, -0.1) is 0 Å². The number of carbonyl (C=O) groups excluding carboxylic acids is 1. The minimum Gasteiger partial charge on any atom is -0.393 e. The molecule has 9 nitrogen and oxygen atoms in total. The van der Waals surface area contributed by atoms with E-state index in [1.54, 1.807) is 0 Å². The molecule has 0 radical (unpaired) electrons. The Morgan fingerprint density at radius 2 is 1.25 bits per heavy atom. The van der Waals surface area contributed by atoms with Gasteiger partial charge in [-0.1, -0.05) is 135 Å². The van der Waals surface area contributed by atoms with E-state index in [1.165, 1.54) is 77.0 Å². The molecule has 0 fully saturated rings. The van der Waals surface area contributed by atoms with E-state index in [-0.39, 0.29) is 26.2 Å². The monoisotopic (exact) mass is 648 g/mol. The van der Waals surface area contributed by atoms with Gasteiger partial charge in [0.25, 0.3) is 0 Å². The first-order chi connectivity index (χ1) is 21.3. The topological polar surface area (TPSA) is 151 Å². The largest absolute Gasteiger partial charge is 0.472 e. The molecule has 4 atom stereocenters. The third-order valence-electron chi connectivity index (χ3n) is 7.92. The zero-order valence-corrected chi connectivity index (χ0v) is 29.2. The summed E-state index contributed by atoms with van der Waals surface area (Å²) in [5.41, 5.74) is 5.34. The highest BCUT2D eigenvalue weighted by Crippen LogP contribution is 2.43. The SMILES string of the molecule is CCCC/C=C\CCCCCC(O)CC(=O)NC(COP(=O)(O)OCCN)C(O)CCCCCCCCCCCCCCC. The van der Waals surface area contributed by atoms with Crippen molar-refractivity contribution in [3.05, 3.63) is 12.2 Å². The van der Waals surface area contributed by atoms with Crippen LogP contribution in [0, 0.1) is 0 Å². The van der Waals surface area contributed by atoms with Gasteiger partial charge in [-0.2, -0.15) is 0 Å². The molecule has 0 aromatic rings. The third kappa shape index (κ3) is 28.7. The lowest BCUT2D eigenvalue weighted by molar-refractivity contribution is -0.125. The van der Waals surface area contributed by atoms with Crippen molar-refractivity contribution < 1.29 is 33.5 Å². The molecule has 0 rings (SSSR count). The number of nitrogens with one attached hydrogen (secondary N) is 1. The predicted octanol–water partition coefficient (Wildman–Crippen LogP) is 7.85. The summed E-state index contributed by atoms with van der Waals surface area (Å²) in [6.07, 6.45) is 26.9. The molecule has 0 bridgehead atoms. The van der Waals surface area contributed by atoms with E-state index < -0.39 is 32.0 Å². The first-order valence-corrected chi connectivity index (χ1v) is 19.4. The molecule has 0 aliphatic rings. The standard InChI is InChI=1S/C34H69N2O7P/c1-3-5-7-9-11-13-14-15-16-18-20-22-24-26-33(38)32(30-43-44(40,41)42-28-27-35)36-34(39)29-31(37)25-23-21-19-17-12-10-8-6-4-2/h10,12,31-33,37-38H,3-9,11,13-30,35H2,1-2H3,(H,36,39)(H,40,41)/b12-10-. The van der Waals surface area contributed by atoms with Crippen molar-refractivity contribution in [1.29, 1.82) is 0 Å². The molecule has 0 saturated heterocycles. The van der Waals surface area contributed by atoms with Crippen LogP contribution in [-0.2, 0) is 18.4 Å². The van der Waals surface area contributed by atoms with Crippen LogP contribution < -0.4 is 11.1 Å². The molecule has 1 amide bonds. The average molecular weight is 649 g/mol. The molecule has 10 heteroatoms. The zero-order chi connectivity index (χ0) is 32.7. The van der Waals surface area contributed by atoms with Gasteiger partial charge in [0.05, 0.1) is 37.9 Å². The van der Waals surface area contributed by atoms with Crippen molar-refractivity contribution in [3.8, 4) is 0 Å². The van der Waals surface area contributed by atoms with Gasteiger partial charge in [0.2, 0.25) is 5.91 Å². The molecule has 262 valence electrons. The number of aliphatic hydroxyl groups excluding tert-OH is 2. The van der Waals surface area contributed by atoms with Crippen LogP contribution in [0.5, 0.6) is 0 Å². The summed E-state index contributed by atoms with van der Waals surface area (Å²) in [6.45, 7) is 3.96. The molecule has 0 heterocycles. The first-order valence-electron chi connectivity index (χ1n) is 17.9. The fraction of sp³-hybridized carbons (Fsp3) is 0.912. The summed E-state index contributed by atoms with van der Waals surface area (Å²) in [5, 5.41) is 23.9. The summed E-state index contributed by atoms with van der Waals surface area (Å²) >= 11 is 0. The molecule has 6 N–H and O–H groups in total. The normalized spacial score (nSPS) is 15.3. The van der Waals surface area contributed by atoms with E-state index in [4.69, 9.17) is 14.8 Å². The molecule has 0 spiro atoms. The van der Waals surface area contributed by atoms with Crippen LogP contribution in [0.15, 0.2) is 12.2 Å². The van der Waals surface area contributed by atoms with Gasteiger partial charge in [0, 0.05) is 6.54 Å². The minimum atomic E-state index is -4.36. The summed E-state index contributed by atoms with van der Waals surface area (Å²) in [7, 11) is -4.36. The summed E-state index contributed by atoms with van der Waals surface area (Å²) in [5.74, 6) is -0.426. The lowest BCUT2D eigenvalue weighted by Gasteiger charge is -2.25.